The number of rotatable bonds is 5. The van der Waals surface area contributed by atoms with Gasteiger partial charge in [-0.05, 0) is 19.8 Å². The number of ether oxygens (including phenoxy) is 1. The number of halogens is 1. The summed E-state index contributed by atoms with van der Waals surface area (Å²) in [7, 11) is 0. The van der Waals surface area contributed by atoms with Crippen LogP contribution < -0.4 is 10.6 Å². The third-order valence-electron chi connectivity index (χ3n) is 2.78. The molecule has 1 aliphatic heterocycles. The van der Waals surface area contributed by atoms with Crippen LogP contribution >= 0.6 is 11.6 Å². The number of carbonyl (C=O) groups excluding carboxylic acids is 1. The lowest BCUT2D eigenvalue weighted by molar-refractivity contribution is -0.123. The molecular formula is C12H17ClN4O2. The van der Waals surface area contributed by atoms with Gasteiger partial charge in [0.05, 0.1) is 0 Å². The van der Waals surface area contributed by atoms with Crippen molar-refractivity contribution < 1.29 is 9.53 Å². The Hall–Kier alpha value is -1.40. The van der Waals surface area contributed by atoms with E-state index < -0.39 is 0 Å². The Morgan fingerprint density at radius 1 is 1.58 bits per heavy atom. The van der Waals surface area contributed by atoms with Crippen molar-refractivity contribution in [2.75, 3.05) is 18.5 Å². The van der Waals surface area contributed by atoms with Gasteiger partial charge in [-0.15, -0.1) is 0 Å². The van der Waals surface area contributed by atoms with Gasteiger partial charge in [-0.3, -0.25) is 4.79 Å². The second-order valence-electron chi connectivity index (χ2n) is 4.26. The molecule has 0 spiro atoms. The van der Waals surface area contributed by atoms with Gasteiger partial charge in [0.2, 0.25) is 5.91 Å². The van der Waals surface area contributed by atoms with E-state index in [1.54, 1.807) is 6.07 Å². The predicted octanol–water partition coefficient (Wildman–Crippen LogP) is 1.36. The highest BCUT2D eigenvalue weighted by molar-refractivity contribution is 6.29. The maximum absolute atomic E-state index is 11.7. The molecule has 0 aromatic carbocycles. The van der Waals surface area contributed by atoms with Crippen LogP contribution in [0.2, 0.25) is 5.15 Å². The number of amides is 1. The Bertz CT molecular complexity index is 455. The standard InChI is InChI=1S/C12H17ClN4O2/c1-2-19-7-11-16-9(13)6-10(17-11)15-8-4-3-5-14-12(8)18/h6,8H,2-5,7H2,1H3,(H,14,18)(H,15,16,17). The molecule has 0 aliphatic carbocycles. The normalized spacial score (nSPS) is 19.1. The molecule has 1 saturated heterocycles. The van der Waals surface area contributed by atoms with Crippen LogP contribution in [0.5, 0.6) is 0 Å². The third kappa shape index (κ3) is 4.04. The molecule has 1 atom stereocenters. The van der Waals surface area contributed by atoms with E-state index in [-0.39, 0.29) is 11.9 Å². The van der Waals surface area contributed by atoms with Crippen LogP contribution in [0.3, 0.4) is 0 Å². The van der Waals surface area contributed by atoms with Crippen LogP contribution in [-0.2, 0) is 16.1 Å². The summed E-state index contributed by atoms with van der Waals surface area (Å²) in [5, 5.41) is 6.23. The summed E-state index contributed by atoms with van der Waals surface area (Å²) in [4.78, 5) is 20.0. The first kappa shape index (κ1) is 14.0. The first-order valence-electron chi connectivity index (χ1n) is 6.34. The van der Waals surface area contributed by atoms with Gasteiger partial charge in [0.15, 0.2) is 5.82 Å². The molecule has 1 aromatic heterocycles. The van der Waals surface area contributed by atoms with Gasteiger partial charge < -0.3 is 15.4 Å². The number of nitrogens with zero attached hydrogens (tertiary/aromatic N) is 2. The SMILES string of the molecule is CCOCc1nc(Cl)cc(NC2CCCNC2=O)n1. The maximum Gasteiger partial charge on any atom is 0.242 e. The lowest BCUT2D eigenvalue weighted by atomic mass is 10.1. The van der Waals surface area contributed by atoms with Crippen molar-refractivity contribution in [1.29, 1.82) is 0 Å². The van der Waals surface area contributed by atoms with E-state index in [1.165, 1.54) is 0 Å². The molecule has 6 nitrogen and oxygen atoms in total. The Labute approximate surface area is 116 Å². The van der Waals surface area contributed by atoms with Gasteiger partial charge >= 0.3 is 0 Å². The van der Waals surface area contributed by atoms with Crippen molar-refractivity contribution in [2.45, 2.75) is 32.4 Å². The highest BCUT2D eigenvalue weighted by atomic mass is 35.5. The van der Waals surface area contributed by atoms with Crippen LogP contribution in [0, 0.1) is 0 Å². The monoisotopic (exact) mass is 284 g/mol. The van der Waals surface area contributed by atoms with E-state index in [2.05, 4.69) is 20.6 Å². The first-order valence-corrected chi connectivity index (χ1v) is 6.72. The van der Waals surface area contributed by atoms with Gasteiger partial charge in [0, 0.05) is 19.2 Å². The van der Waals surface area contributed by atoms with Crippen LogP contribution in [0.25, 0.3) is 0 Å². The zero-order valence-corrected chi connectivity index (χ0v) is 11.5. The number of anilines is 1. The summed E-state index contributed by atoms with van der Waals surface area (Å²) >= 11 is 5.94. The summed E-state index contributed by atoms with van der Waals surface area (Å²) in [6.07, 6.45) is 1.74. The van der Waals surface area contributed by atoms with Crippen molar-refractivity contribution in [3.8, 4) is 0 Å². The predicted molar refractivity (Wildman–Crippen MR) is 72.0 cm³/mol. The van der Waals surface area contributed by atoms with E-state index in [1.807, 2.05) is 6.92 Å². The number of hydrogen-bond acceptors (Lipinski definition) is 5. The molecule has 2 N–H and O–H groups in total. The van der Waals surface area contributed by atoms with Crippen molar-refractivity contribution in [3.63, 3.8) is 0 Å². The zero-order chi connectivity index (χ0) is 13.7. The lowest BCUT2D eigenvalue weighted by Crippen LogP contribution is -2.44. The van der Waals surface area contributed by atoms with Gasteiger partial charge in [-0.25, -0.2) is 9.97 Å². The van der Waals surface area contributed by atoms with Crippen LogP contribution in [-0.4, -0.2) is 35.1 Å². The molecule has 2 heterocycles. The van der Waals surface area contributed by atoms with Crippen molar-refractivity contribution >= 4 is 23.3 Å². The largest absolute Gasteiger partial charge is 0.374 e. The molecule has 0 saturated carbocycles. The average molecular weight is 285 g/mol. The first-order chi connectivity index (χ1) is 9.19. The molecule has 2 rings (SSSR count). The molecular weight excluding hydrogens is 268 g/mol. The highest BCUT2D eigenvalue weighted by Gasteiger charge is 2.22. The molecule has 1 aromatic rings. The van der Waals surface area contributed by atoms with E-state index >= 15 is 0 Å². The second kappa shape index (κ2) is 6.68. The van der Waals surface area contributed by atoms with Gasteiger partial charge in [-0.1, -0.05) is 11.6 Å². The molecule has 104 valence electrons. The summed E-state index contributed by atoms with van der Waals surface area (Å²) in [6, 6.07) is 1.35. The smallest absolute Gasteiger partial charge is 0.242 e. The fraction of sp³-hybridized carbons (Fsp3) is 0.583. The second-order valence-corrected chi connectivity index (χ2v) is 4.65. The number of nitrogens with one attached hydrogen (secondary N) is 2. The number of carbonyl (C=O) groups is 1. The zero-order valence-electron chi connectivity index (χ0n) is 10.8. The summed E-state index contributed by atoms with van der Waals surface area (Å²) in [5.74, 6) is 1.05. The lowest BCUT2D eigenvalue weighted by Gasteiger charge is -2.23. The van der Waals surface area contributed by atoms with Crippen molar-refractivity contribution in [2.24, 2.45) is 0 Å². The molecule has 1 amide bonds. The van der Waals surface area contributed by atoms with Crippen molar-refractivity contribution in [3.05, 3.63) is 17.0 Å². The molecule has 1 unspecified atom stereocenters. The molecule has 7 heteroatoms. The van der Waals surface area contributed by atoms with Gasteiger partial charge in [0.1, 0.15) is 23.6 Å². The third-order valence-corrected chi connectivity index (χ3v) is 2.98. The summed E-state index contributed by atoms with van der Waals surface area (Å²) in [6.45, 7) is 3.53. The molecule has 19 heavy (non-hydrogen) atoms. The number of aromatic nitrogens is 2. The Morgan fingerprint density at radius 2 is 2.42 bits per heavy atom. The average Bonchev–Trinajstić information content (AvgIpc) is 2.38. The summed E-state index contributed by atoms with van der Waals surface area (Å²) < 4.78 is 5.25. The van der Waals surface area contributed by atoms with Gasteiger partial charge in [-0.2, -0.15) is 0 Å². The molecule has 1 aliphatic rings. The number of hydrogen-bond donors (Lipinski definition) is 2. The Morgan fingerprint density at radius 3 is 3.16 bits per heavy atom. The topological polar surface area (TPSA) is 76.1 Å². The summed E-state index contributed by atoms with van der Waals surface area (Å²) in [5.41, 5.74) is 0. The Balaban J connectivity index is 2.06. The maximum atomic E-state index is 11.7. The fourth-order valence-electron chi connectivity index (χ4n) is 1.88. The molecule has 0 bridgehead atoms. The highest BCUT2D eigenvalue weighted by Crippen LogP contribution is 2.15. The molecule has 1 fully saturated rings. The van der Waals surface area contributed by atoms with Crippen LogP contribution in [0.4, 0.5) is 5.82 Å². The van der Waals surface area contributed by atoms with E-state index in [0.29, 0.717) is 30.0 Å². The van der Waals surface area contributed by atoms with Crippen LogP contribution in [0.15, 0.2) is 6.07 Å². The van der Waals surface area contributed by atoms with E-state index in [9.17, 15) is 4.79 Å². The van der Waals surface area contributed by atoms with Crippen molar-refractivity contribution in [1.82, 2.24) is 15.3 Å². The fourth-order valence-corrected chi connectivity index (χ4v) is 2.09. The van der Waals surface area contributed by atoms with Gasteiger partial charge in [0.25, 0.3) is 0 Å². The quantitative estimate of drug-likeness (QED) is 0.799. The van der Waals surface area contributed by atoms with E-state index in [4.69, 9.17) is 16.3 Å². The number of piperidine rings is 1. The van der Waals surface area contributed by atoms with E-state index in [0.717, 1.165) is 19.4 Å². The Kier molecular flexibility index (Phi) is 4.93. The van der Waals surface area contributed by atoms with Crippen LogP contribution in [0.1, 0.15) is 25.6 Å². The minimum atomic E-state index is -0.264. The minimum Gasteiger partial charge on any atom is -0.374 e. The molecule has 0 radical (unpaired) electrons. The minimum absolute atomic E-state index is 0.00709.